The van der Waals surface area contributed by atoms with Crippen molar-refractivity contribution in [3.63, 3.8) is 0 Å². The van der Waals surface area contributed by atoms with E-state index in [1.54, 1.807) is 30.6 Å². The van der Waals surface area contributed by atoms with E-state index in [2.05, 4.69) is 11.4 Å². The van der Waals surface area contributed by atoms with Gasteiger partial charge in [-0.05, 0) is 42.6 Å². The van der Waals surface area contributed by atoms with E-state index in [4.69, 9.17) is 9.47 Å². The highest BCUT2D eigenvalue weighted by atomic mass is 32.1. The smallest absolute Gasteiger partial charge is 0.251 e. The van der Waals surface area contributed by atoms with E-state index in [1.807, 2.05) is 35.4 Å². The molecule has 30 heavy (non-hydrogen) atoms. The number of thiophene rings is 1. The molecule has 1 N–H and O–H groups in total. The molecule has 0 saturated carbocycles. The van der Waals surface area contributed by atoms with Crippen molar-refractivity contribution in [2.75, 3.05) is 26.8 Å². The molecule has 2 aromatic rings. The summed E-state index contributed by atoms with van der Waals surface area (Å²) in [5.41, 5.74) is 0.624. The number of piperidine rings is 1. The molecule has 0 spiro atoms. The number of hydrogen-bond acceptors (Lipinski definition) is 5. The summed E-state index contributed by atoms with van der Waals surface area (Å²) in [4.78, 5) is 27.7. The minimum absolute atomic E-state index is 0.0730. The first-order valence-corrected chi connectivity index (χ1v) is 11.3. The van der Waals surface area contributed by atoms with E-state index in [0.29, 0.717) is 31.7 Å². The number of methoxy groups -OCH3 is 1. The molecular weight excluding hydrogens is 400 g/mol. The molecule has 0 unspecified atom stereocenters. The third-order valence-electron chi connectivity index (χ3n) is 5.20. The Morgan fingerprint density at radius 1 is 1.20 bits per heavy atom. The minimum atomic E-state index is -0.0755. The van der Waals surface area contributed by atoms with Crippen molar-refractivity contribution in [2.24, 2.45) is 0 Å². The SMILES string of the molecule is COCCC(=O)N1CCC(Oc2ccc(C(=O)N[C@@H](C)Cc3cccs3)cc2)CC1. The molecule has 3 rings (SSSR count). The van der Waals surface area contributed by atoms with Gasteiger partial charge in [0.15, 0.2) is 0 Å². The Bertz CT molecular complexity index is 799. The number of nitrogens with one attached hydrogen (secondary N) is 1. The van der Waals surface area contributed by atoms with Crippen LogP contribution in [0.2, 0.25) is 0 Å². The first kappa shape index (κ1) is 22.3. The summed E-state index contributed by atoms with van der Waals surface area (Å²) < 4.78 is 11.0. The van der Waals surface area contributed by atoms with Crippen LogP contribution in [-0.2, 0) is 16.0 Å². The van der Waals surface area contributed by atoms with Gasteiger partial charge < -0.3 is 19.7 Å². The van der Waals surface area contributed by atoms with Gasteiger partial charge in [0.05, 0.1) is 13.0 Å². The fourth-order valence-corrected chi connectivity index (χ4v) is 4.37. The van der Waals surface area contributed by atoms with Crippen molar-refractivity contribution >= 4 is 23.2 Å². The number of benzene rings is 1. The van der Waals surface area contributed by atoms with E-state index in [1.165, 1.54) is 4.88 Å². The van der Waals surface area contributed by atoms with Crippen LogP contribution in [-0.4, -0.2) is 55.7 Å². The number of carbonyl (C=O) groups excluding carboxylic acids is 2. The maximum atomic E-state index is 12.5. The summed E-state index contributed by atoms with van der Waals surface area (Å²) in [6.45, 7) is 3.88. The van der Waals surface area contributed by atoms with Crippen LogP contribution in [0.1, 0.15) is 41.4 Å². The average molecular weight is 431 g/mol. The Hall–Kier alpha value is -2.38. The van der Waals surface area contributed by atoms with Crippen LogP contribution in [0, 0.1) is 0 Å². The molecule has 0 aliphatic carbocycles. The largest absolute Gasteiger partial charge is 0.490 e. The topological polar surface area (TPSA) is 67.9 Å². The fourth-order valence-electron chi connectivity index (χ4n) is 3.54. The maximum Gasteiger partial charge on any atom is 0.251 e. The van der Waals surface area contributed by atoms with Crippen LogP contribution in [0.5, 0.6) is 5.75 Å². The number of carbonyl (C=O) groups is 2. The summed E-state index contributed by atoms with van der Waals surface area (Å²) in [7, 11) is 1.61. The normalized spacial score (nSPS) is 15.6. The summed E-state index contributed by atoms with van der Waals surface area (Å²) in [6.07, 6.45) is 2.96. The van der Waals surface area contributed by atoms with Crippen LogP contribution >= 0.6 is 11.3 Å². The van der Waals surface area contributed by atoms with Gasteiger partial charge in [-0.3, -0.25) is 9.59 Å². The van der Waals surface area contributed by atoms with Crippen molar-refractivity contribution in [1.82, 2.24) is 10.2 Å². The molecule has 2 amide bonds. The Balaban J connectivity index is 1.43. The molecule has 0 radical (unpaired) electrons. The molecule has 2 heterocycles. The molecule has 1 aromatic heterocycles. The predicted octanol–water partition coefficient (Wildman–Crippen LogP) is 3.52. The second kappa shape index (κ2) is 11.1. The highest BCUT2D eigenvalue weighted by Crippen LogP contribution is 2.20. The number of likely N-dealkylation sites (tertiary alicyclic amines) is 1. The fraction of sp³-hybridized carbons (Fsp3) is 0.478. The summed E-state index contributed by atoms with van der Waals surface area (Å²) in [6, 6.07) is 11.5. The summed E-state index contributed by atoms with van der Waals surface area (Å²) in [5, 5.41) is 5.09. The van der Waals surface area contributed by atoms with E-state index < -0.39 is 0 Å². The minimum Gasteiger partial charge on any atom is -0.490 e. The van der Waals surface area contributed by atoms with Gasteiger partial charge in [-0.1, -0.05) is 6.07 Å². The first-order chi connectivity index (χ1) is 14.5. The lowest BCUT2D eigenvalue weighted by Crippen LogP contribution is -2.42. The number of rotatable bonds is 9. The van der Waals surface area contributed by atoms with Crippen molar-refractivity contribution < 1.29 is 19.1 Å². The molecule has 7 heteroatoms. The second-order valence-corrected chi connectivity index (χ2v) is 8.66. The van der Waals surface area contributed by atoms with Gasteiger partial charge in [-0.15, -0.1) is 11.3 Å². The van der Waals surface area contributed by atoms with E-state index in [0.717, 1.165) is 25.0 Å². The van der Waals surface area contributed by atoms with Crippen LogP contribution < -0.4 is 10.1 Å². The van der Waals surface area contributed by atoms with Gasteiger partial charge in [0, 0.05) is 55.9 Å². The van der Waals surface area contributed by atoms with Gasteiger partial charge in [0.25, 0.3) is 5.91 Å². The van der Waals surface area contributed by atoms with Crippen LogP contribution in [0.4, 0.5) is 0 Å². The Morgan fingerprint density at radius 2 is 1.93 bits per heavy atom. The zero-order valence-electron chi connectivity index (χ0n) is 17.6. The van der Waals surface area contributed by atoms with E-state index in [9.17, 15) is 9.59 Å². The number of hydrogen-bond donors (Lipinski definition) is 1. The third-order valence-corrected chi connectivity index (χ3v) is 6.10. The van der Waals surface area contributed by atoms with Crippen LogP contribution in [0.3, 0.4) is 0 Å². The Labute approximate surface area is 182 Å². The molecule has 6 nitrogen and oxygen atoms in total. The van der Waals surface area contributed by atoms with Crippen molar-refractivity contribution in [2.45, 2.75) is 44.8 Å². The third kappa shape index (κ3) is 6.57. The number of nitrogens with zero attached hydrogens (tertiary/aromatic N) is 1. The number of amides is 2. The van der Waals surface area contributed by atoms with Crippen LogP contribution in [0.15, 0.2) is 41.8 Å². The molecule has 0 bridgehead atoms. The Kier molecular flexibility index (Phi) is 8.28. The van der Waals surface area contributed by atoms with Gasteiger partial charge >= 0.3 is 0 Å². The van der Waals surface area contributed by atoms with Crippen molar-refractivity contribution in [3.8, 4) is 5.75 Å². The molecule has 162 valence electrons. The lowest BCUT2D eigenvalue weighted by molar-refractivity contribution is -0.133. The monoisotopic (exact) mass is 430 g/mol. The quantitative estimate of drug-likeness (QED) is 0.661. The van der Waals surface area contributed by atoms with Crippen LogP contribution in [0.25, 0.3) is 0 Å². The lowest BCUT2D eigenvalue weighted by atomic mass is 10.1. The second-order valence-electron chi connectivity index (χ2n) is 7.62. The first-order valence-electron chi connectivity index (χ1n) is 10.4. The average Bonchev–Trinajstić information content (AvgIpc) is 3.26. The Morgan fingerprint density at radius 3 is 2.57 bits per heavy atom. The predicted molar refractivity (Wildman–Crippen MR) is 118 cm³/mol. The van der Waals surface area contributed by atoms with Gasteiger partial charge in [-0.25, -0.2) is 0 Å². The van der Waals surface area contributed by atoms with Gasteiger partial charge in [-0.2, -0.15) is 0 Å². The molecular formula is C23H30N2O4S. The van der Waals surface area contributed by atoms with Gasteiger partial charge in [0.2, 0.25) is 5.91 Å². The van der Waals surface area contributed by atoms with Gasteiger partial charge in [0.1, 0.15) is 11.9 Å². The molecule has 1 fully saturated rings. The van der Waals surface area contributed by atoms with Crippen molar-refractivity contribution in [1.29, 1.82) is 0 Å². The molecule has 1 saturated heterocycles. The molecule has 1 aliphatic heterocycles. The molecule has 1 aliphatic rings. The zero-order valence-corrected chi connectivity index (χ0v) is 18.5. The van der Waals surface area contributed by atoms with Crippen molar-refractivity contribution in [3.05, 3.63) is 52.2 Å². The summed E-state index contributed by atoms with van der Waals surface area (Å²) >= 11 is 1.70. The highest BCUT2D eigenvalue weighted by molar-refractivity contribution is 7.09. The summed E-state index contributed by atoms with van der Waals surface area (Å²) in [5.74, 6) is 0.815. The zero-order chi connectivity index (χ0) is 21.3. The van der Waals surface area contributed by atoms with E-state index >= 15 is 0 Å². The lowest BCUT2D eigenvalue weighted by Gasteiger charge is -2.32. The molecule has 1 aromatic carbocycles. The maximum absolute atomic E-state index is 12.5. The number of ether oxygens (including phenoxy) is 2. The highest BCUT2D eigenvalue weighted by Gasteiger charge is 2.23. The molecule has 1 atom stereocenters. The standard InChI is InChI=1S/C23H30N2O4S/c1-17(16-21-4-3-15-30-21)24-23(27)18-5-7-19(8-6-18)29-20-9-12-25(13-10-20)22(26)11-14-28-2/h3-8,15,17,20H,9-14,16H2,1-2H3,(H,24,27)/t17-/m0/s1. The van der Waals surface area contributed by atoms with E-state index in [-0.39, 0.29) is 24.0 Å².